The van der Waals surface area contributed by atoms with Crippen molar-refractivity contribution in [3.63, 3.8) is 0 Å². The van der Waals surface area contributed by atoms with Gasteiger partial charge in [0.05, 0.1) is 12.1 Å². The fourth-order valence-electron chi connectivity index (χ4n) is 4.40. The largest absolute Gasteiger partial charge is 0.461 e. The number of halogens is 2. The molecule has 0 saturated carbocycles. The second-order valence-electron chi connectivity index (χ2n) is 7.42. The molecule has 7 nitrogen and oxygen atoms in total. The number of rotatable bonds is 4. The molecular weight excluding hydrogens is 373 g/mol. The predicted molar refractivity (Wildman–Crippen MR) is 98.0 cm³/mol. The number of nitrogens with zero attached hydrogens (tertiary/aromatic N) is 5. The highest BCUT2D eigenvalue weighted by Gasteiger charge is 2.49. The average Bonchev–Trinajstić information content (AvgIpc) is 3.02. The molecule has 0 aliphatic carbocycles. The van der Waals surface area contributed by atoms with Gasteiger partial charge in [0, 0.05) is 32.7 Å². The third-order valence-electron chi connectivity index (χ3n) is 5.69. The fraction of sp³-hybridized carbons (Fsp3) is 0.722. The van der Waals surface area contributed by atoms with Gasteiger partial charge in [0.15, 0.2) is 11.0 Å². The monoisotopic (exact) mass is 395 g/mol. The third kappa shape index (κ3) is 3.68. The summed E-state index contributed by atoms with van der Waals surface area (Å²) in [4.78, 5) is 12.8. The van der Waals surface area contributed by atoms with Gasteiger partial charge in [-0.1, -0.05) is 11.6 Å². The van der Waals surface area contributed by atoms with Crippen LogP contribution in [0.1, 0.15) is 31.2 Å². The summed E-state index contributed by atoms with van der Waals surface area (Å²) in [6, 6.07) is 2.24. The van der Waals surface area contributed by atoms with Crippen LogP contribution in [0.3, 0.4) is 0 Å². The Labute approximate surface area is 163 Å². The van der Waals surface area contributed by atoms with Gasteiger partial charge < -0.3 is 14.4 Å². The van der Waals surface area contributed by atoms with Crippen LogP contribution in [-0.4, -0.2) is 72.6 Å². The van der Waals surface area contributed by atoms with Crippen LogP contribution in [-0.2, 0) is 4.74 Å². The van der Waals surface area contributed by atoms with Gasteiger partial charge in [-0.3, -0.25) is 4.90 Å². The molecule has 3 aliphatic heterocycles. The van der Waals surface area contributed by atoms with Gasteiger partial charge in [-0.25, -0.2) is 4.39 Å². The second kappa shape index (κ2) is 7.74. The van der Waals surface area contributed by atoms with E-state index in [-0.39, 0.29) is 22.3 Å². The quantitative estimate of drug-likeness (QED) is 0.723. The Kier molecular flexibility index (Phi) is 5.35. The van der Waals surface area contributed by atoms with E-state index in [1.165, 1.54) is 0 Å². The average molecular weight is 396 g/mol. The van der Waals surface area contributed by atoms with Crippen LogP contribution in [0.25, 0.3) is 0 Å². The van der Waals surface area contributed by atoms with Gasteiger partial charge in [0.2, 0.25) is 0 Å². The maximum absolute atomic E-state index is 13.9. The van der Waals surface area contributed by atoms with Crippen molar-refractivity contribution < 1.29 is 13.9 Å². The molecule has 1 aromatic rings. The van der Waals surface area contributed by atoms with Gasteiger partial charge in [0.1, 0.15) is 24.4 Å². The highest BCUT2D eigenvalue weighted by Crippen LogP contribution is 2.40. The molecule has 3 fully saturated rings. The number of anilines is 1. The van der Waals surface area contributed by atoms with Crippen molar-refractivity contribution in [2.24, 2.45) is 0 Å². The molecule has 2 atom stereocenters. The maximum Gasteiger partial charge on any atom is 0.319 e. The Bertz CT molecular complexity index is 737. The zero-order valence-electron chi connectivity index (χ0n) is 15.2. The lowest BCUT2D eigenvalue weighted by molar-refractivity contribution is 0.107. The summed E-state index contributed by atoms with van der Waals surface area (Å²) >= 11 is 6.24. The molecular formula is C18H23ClFN5O2. The minimum absolute atomic E-state index is 0.0817. The van der Waals surface area contributed by atoms with Crippen molar-refractivity contribution in [2.45, 2.75) is 37.4 Å². The standard InChI is InChI=1S/C18H23ClFN5O2/c19-15-14(10-21)16(24-4-2-7-26-8-6-24)23-17(22-15)27-12-18-3-1-5-25(18)11-13(20)9-18/h13H,1-9,11-12H2/t13-,18+/m1/s1. The summed E-state index contributed by atoms with van der Waals surface area (Å²) in [5.74, 6) is 0.480. The molecule has 0 radical (unpaired) electrons. The molecule has 0 bridgehead atoms. The number of nitriles is 1. The lowest BCUT2D eigenvalue weighted by Gasteiger charge is -2.31. The van der Waals surface area contributed by atoms with Gasteiger partial charge in [0.25, 0.3) is 0 Å². The normalized spacial score (nSPS) is 28.6. The smallest absolute Gasteiger partial charge is 0.319 e. The Morgan fingerprint density at radius 2 is 2.19 bits per heavy atom. The van der Waals surface area contributed by atoms with Gasteiger partial charge in [-0.15, -0.1) is 0 Å². The Morgan fingerprint density at radius 3 is 3.04 bits per heavy atom. The number of ether oxygens (including phenoxy) is 2. The number of fused-ring (bicyclic) bond motifs is 1. The van der Waals surface area contributed by atoms with Crippen LogP contribution < -0.4 is 9.64 Å². The molecule has 0 aromatic carbocycles. The minimum atomic E-state index is -0.813. The number of hydrogen-bond acceptors (Lipinski definition) is 7. The zero-order valence-corrected chi connectivity index (χ0v) is 15.9. The molecule has 4 rings (SSSR count). The molecule has 4 heterocycles. The topological polar surface area (TPSA) is 74.5 Å². The Balaban J connectivity index is 1.55. The minimum Gasteiger partial charge on any atom is -0.461 e. The van der Waals surface area contributed by atoms with Crippen molar-refractivity contribution >= 4 is 17.4 Å². The summed E-state index contributed by atoms with van der Waals surface area (Å²) in [5, 5.41) is 9.57. The van der Waals surface area contributed by atoms with E-state index < -0.39 is 6.17 Å². The fourth-order valence-corrected chi connectivity index (χ4v) is 4.60. The highest BCUT2D eigenvalue weighted by atomic mass is 35.5. The van der Waals surface area contributed by atoms with Crippen LogP contribution >= 0.6 is 11.6 Å². The van der Waals surface area contributed by atoms with E-state index in [2.05, 4.69) is 20.9 Å². The molecule has 27 heavy (non-hydrogen) atoms. The van der Waals surface area contributed by atoms with Gasteiger partial charge >= 0.3 is 6.01 Å². The van der Waals surface area contributed by atoms with Gasteiger partial charge in [-0.05, 0) is 25.8 Å². The zero-order chi connectivity index (χ0) is 18.9. The van der Waals surface area contributed by atoms with Crippen molar-refractivity contribution in [3.05, 3.63) is 10.7 Å². The predicted octanol–water partition coefficient (Wildman–Crippen LogP) is 2.18. The molecule has 1 aromatic heterocycles. The molecule has 3 saturated heterocycles. The van der Waals surface area contributed by atoms with E-state index in [1.54, 1.807) is 0 Å². The van der Waals surface area contributed by atoms with Crippen molar-refractivity contribution in [1.82, 2.24) is 14.9 Å². The first-order valence-corrected chi connectivity index (χ1v) is 9.81. The molecule has 9 heteroatoms. The maximum atomic E-state index is 13.9. The van der Waals surface area contributed by atoms with Crippen LogP contribution in [0.2, 0.25) is 5.15 Å². The number of aromatic nitrogens is 2. The van der Waals surface area contributed by atoms with Crippen LogP contribution in [0.4, 0.5) is 10.2 Å². The molecule has 0 unspecified atom stereocenters. The number of hydrogen-bond donors (Lipinski definition) is 0. The van der Waals surface area contributed by atoms with E-state index in [0.29, 0.717) is 45.1 Å². The molecule has 0 amide bonds. The van der Waals surface area contributed by atoms with Crippen molar-refractivity contribution in [2.75, 3.05) is 50.9 Å². The summed E-state index contributed by atoms with van der Waals surface area (Å²) in [5.41, 5.74) is -0.0315. The van der Waals surface area contributed by atoms with Gasteiger partial charge in [-0.2, -0.15) is 15.2 Å². The molecule has 0 spiro atoms. The van der Waals surface area contributed by atoms with Crippen LogP contribution in [0.15, 0.2) is 0 Å². The first-order valence-electron chi connectivity index (χ1n) is 9.43. The lowest BCUT2D eigenvalue weighted by atomic mass is 9.95. The Hall–Kier alpha value is -1.69. The van der Waals surface area contributed by atoms with E-state index in [4.69, 9.17) is 21.1 Å². The van der Waals surface area contributed by atoms with Crippen LogP contribution in [0.5, 0.6) is 6.01 Å². The molecule has 3 aliphatic rings. The lowest BCUT2D eigenvalue weighted by Crippen LogP contribution is -2.43. The van der Waals surface area contributed by atoms with E-state index in [0.717, 1.165) is 32.4 Å². The summed E-state index contributed by atoms with van der Waals surface area (Å²) in [6.07, 6.45) is 2.47. The highest BCUT2D eigenvalue weighted by molar-refractivity contribution is 6.30. The number of alkyl halides is 1. The van der Waals surface area contributed by atoms with E-state index in [1.807, 2.05) is 4.90 Å². The second-order valence-corrected chi connectivity index (χ2v) is 7.78. The first kappa shape index (κ1) is 18.7. The molecule has 0 N–H and O–H groups in total. The summed E-state index contributed by atoms with van der Waals surface area (Å²) in [6.45, 7) is 4.31. The van der Waals surface area contributed by atoms with Crippen LogP contribution in [0, 0.1) is 11.3 Å². The van der Waals surface area contributed by atoms with Crippen molar-refractivity contribution in [1.29, 1.82) is 5.26 Å². The SMILES string of the molecule is N#Cc1c(Cl)nc(OC[C@@]23CCCN2C[C@H](F)C3)nc1N1CCCOCC1. The van der Waals surface area contributed by atoms with E-state index in [9.17, 15) is 9.65 Å². The first-order chi connectivity index (χ1) is 13.1. The molecule has 146 valence electrons. The van der Waals surface area contributed by atoms with Crippen molar-refractivity contribution in [3.8, 4) is 12.1 Å². The summed E-state index contributed by atoms with van der Waals surface area (Å²) < 4.78 is 25.3. The Morgan fingerprint density at radius 1 is 1.30 bits per heavy atom. The van der Waals surface area contributed by atoms with E-state index >= 15 is 0 Å². The summed E-state index contributed by atoms with van der Waals surface area (Å²) in [7, 11) is 0. The third-order valence-corrected chi connectivity index (χ3v) is 5.96.